The van der Waals surface area contributed by atoms with Crippen LogP contribution in [0.15, 0.2) is 71.1 Å². The van der Waals surface area contributed by atoms with Gasteiger partial charge in [0, 0.05) is 26.2 Å². The first kappa shape index (κ1) is 21.1. The lowest BCUT2D eigenvalue weighted by molar-refractivity contribution is 0.102. The summed E-state index contributed by atoms with van der Waals surface area (Å²) in [6.07, 6.45) is 0.845. The molecule has 0 fully saturated rings. The molecule has 31 heavy (non-hydrogen) atoms. The summed E-state index contributed by atoms with van der Waals surface area (Å²) in [5.41, 5.74) is 3.66. The van der Waals surface area contributed by atoms with Crippen LogP contribution in [0.25, 0.3) is 33.2 Å². The van der Waals surface area contributed by atoms with E-state index >= 15 is 0 Å². The van der Waals surface area contributed by atoms with E-state index in [9.17, 15) is 4.79 Å². The number of furan rings is 1. The molecule has 0 radical (unpaired) electrons. The first-order valence-electron chi connectivity index (χ1n) is 9.61. The molecule has 0 aliphatic heterocycles. The molecule has 0 spiro atoms. The van der Waals surface area contributed by atoms with Crippen molar-refractivity contribution in [2.75, 3.05) is 5.32 Å². The van der Waals surface area contributed by atoms with Crippen LogP contribution in [0.5, 0.6) is 0 Å². The van der Waals surface area contributed by atoms with Gasteiger partial charge in [-0.05, 0) is 30.7 Å². The van der Waals surface area contributed by atoms with Crippen molar-refractivity contribution in [1.29, 1.82) is 0 Å². The number of hydrogen-bond donors (Lipinski definition) is 1. The molecule has 3 aromatic carbocycles. The van der Waals surface area contributed by atoms with E-state index in [1.54, 1.807) is 12.1 Å². The molecule has 0 aliphatic rings. The van der Waals surface area contributed by atoms with Crippen molar-refractivity contribution in [3.05, 3.63) is 82.2 Å². The van der Waals surface area contributed by atoms with Gasteiger partial charge in [-0.15, -0.1) is 11.3 Å². The third-order valence-electron chi connectivity index (χ3n) is 4.99. The summed E-state index contributed by atoms with van der Waals surface area (Å²) in [4.78, 5) is 18.9. The van der Waals surface area contributed by atoms with E-state index in [0.717, 1.165) is 33.3 Å². The summed E-state index contributed by atoms with van der Waals surface area (Å²) in [7, 11) is 0. The van der Waals surface area contributed by atoms with Crippen molar-refractivity contribution in [3.8, 4) is 11.3 Å². The molecule has 0 unspecified atom stereocenters. The van der Waals surface area contributed by atoms with E-state index in [0.29, 0.717) is 26.9 Å². The second-order valence-electron chi connectivity index (χ2n) is 6.89. The Morgan fingerprint density at radius 2 is 1.87 bits per heavy atom. The number of halogens is 1. The Bertz CT molecular complexity index is 1390. The summed E-state index contributed by atoms with van der Waals surface area (Å²) >= 11 is 7.64. The van der Waals surface area contributed by atoms with Crippen LogP contribution in [-0.4, -0.2) is 16.4 Å². The lowest BCUT2D eigenvalue weighted by atomic mass is 10.1. The maximum atomic E-state index is 13.1. The maximum Gasteiger partial charge on any atom is 0.261 e. The molecule has 0 saturated carbocycles. The van der Waals surface area contributed by atoms with Crippen LogP contribution in [0.3, 0.4) is 0 Å². The Hall–Kier alpha value is -3.19. The number of aryl methyl sites for hydroxylation is 1. The average molecular weight is 451 g/mol. The number of thiazole rings is 1. The third-order valence-corrected chi connectivity index (χ3v) is 6.34. The first-order chi connectivity index (χ1) is 14.6. The van der Waals surface area contributed by atoms with Crippen LogP contribution in [0.4, 0.5) is 5.13 Å². The summed E-state index contributed by atoms with van der Waals surface area (Å²) in [6.45, 7) is 2.09. The molecule has 1 amide bonds. The third kappa shape index (κ3) is 3.81. The summed E-state index contributed by atoms with van der Waals surface area (Å²) in [6, 6.07) is 21.0. The smallest absolute Gasteiger partial charge is 0.261 e. The molecule has 2 aromatic heterocycles. The van der Waals surface area contributed by atoms with Crippen molar-refractivity contribution in [1.82, 2.24) is 4.98 Å². The number of carbonyl (C=O) groups excluding carboxylic acids is 1. The van der Waals surface area contributed by atoms with Crippen LogP contribution < -0.4 is 5.32 Å². The minimum atomic E-state index is -0.248. The molecule has 0 atom stereocenters. The monoisotopic (exact) mass is 450 g/mol. The molecule has 5 rings (SSSR count). The Labute approximate surface area is 187 Å². The molecule has 156 valence electrons. The highest BCUT2D eigenvalue weighted by Crippen LogP contribution is 2.34. The number of amides is 1. The molecule has 3 N–H and O–H groups in total. The summed E-state index contributed by atoms with van der Waals surface area (Å²) in [5.74, 6) is -0.248. The van der Waals surface area contributed by atoms with Crippen LogP contribution in [0.1, 0.15) is 22.2 Å². The highest BCUT2D eigenvalue weighted by molar-refractivity contribution is 7.16. The number of para-hydroxylation sites is 1. The fraction of sp³-hybridized carbons (Fsp3) is 0.0833. The van der Waals surface area contributed by atoms with Crippen molar-refractivity contribution in [2.45, 2.75) is 13.3 Å². The van der Waals surface area contributed by atoms with Gasteiger partial charge in [-0.1, -0.05) is 61.0 Å². The largest absolute Gasteiger partial charge is 0.455 e. The minimum Gasteiger partial charge on any atom is -0.455 e. The fourth-order valence-corrected chi connectivity index (χ4v) is 4.67. The lowest BCUT2D eigenvalue weighted by Crippen LogP contribution is -2.11. The number of hydrogen-bond acceptors (Lipinski definition) is 4. The zero-order valence-electron chi connectivity index (χ0n) is 16.6. The molecule has 5 aromatic rings. The average Bonchev–Trinajstić information content (AvgIpc) is 3.35. The van der Waals surface area contributed by atoms with E-state index in [1.165, 1.54) is 11.3 Å². The van der Waals surface area contributed by atoms with Crippen molar-refractivity contribution in [2.24, 2.45) is 0 Å². The van der Waals surface area contributed by atoms with E-state index in [-0.39, 0.29) is 11.4 Å². The number of rotatable bonds is 4. The predicted octanol–water partition coefficient (Wildman–Crippen LogP) is 6.35. The van der Waals surface area contributed by atoms with Crippen molar-refractivity contribution >= 4 is 55.9 Å². The summed E-state index contributed by atoms with van der Waals surface area (Å²) in [5, 5.41) is 5.91. The van der Waals surface area contributed by atoms with Crippen LogP contribution in [0.2, 0.25) is 5.02 Å². The van der Waals surface area contributed by atoms with E-state index in [1.807, 2.05) is 54.6 Å². The number of fused-ring (bicyclic) bond motifs is 3. The van der Waals surface area contributed by atoms with Gasteiger partial charge in [-0.3, -0.25) is 10.1 Å². The van der Waals surface area contributed by atoms with Gasteiger partial charge in [-0.2, -0.15) is 0 Å². The molecule has 5 nitrogen and oxygen atoms in total. The van der Waals surface area contributed by atoms with Gasteiger partial charge in [0.05, 0.1) is 11.3 Å². The molecule has 0 saturated heterocycles. The topological polar surface area (TPSA) is 86.6 Å². The normalized spacial score (nSPS) is 10.9. The second-order valence-corrected chi connectivity index (χ2v) is 8.41. The van der Waals surface area contributed by atoms with Crippen LogP contribution in [0, 0.1) is 0 Å². The van der Waals surface area contributed by atoms with Crippen LogP contribution >= 0.6 is 22.9 Å². The number of aromatic nitrogens is 1. The number of benzene rings is 3. The first-order valence-corrected chi connectivity index (χ1v) is 10.8. The Morgan fingerprint density at radius 3 is 2.65 bits per heavy atom. The van der Waals surface area contributed by atoms with Gasteiger partial charge >= 0.3 is 0 Å². The standard InChI is InChI=1S/C24H17ClN2O2S.H2O/c1-2-20-21(14-7-4-3-5-8-14)26-24(30-20)27-23(28)17-10-6-9-16-18-13-15(25)11-12-19(18)29-22(16)17;/h3-13H,2H2,1H3,(H,26,27,28);1H2. The quantitative estimate of drug-likeness (QED) is 0.346. The van der Waals surface area contributed by atoms with Crippen molar-refractivity contribution < 1.29 is 14.7 Å². The minimum absolute atomic E-state index is 0. The van der Waals surface area contributed by atoms with Gasteiger partial charge in [0.2, 0.25) is 0 Å². The number of carbonyl (C=O) groups is 1. The predicted molar refractivity (Wildman–Crippen MR) is 127 cm³/mol. The Kier molecular flexibility index (Phi) is 5.78. The Morgan fingerprint density at radius 1 is 1.06 bits per heavy atom. The molecule has 7 heteroatoms. The SMILES string of the molecule is CCc1sc(NC(=O)c2cccc3c2oc2ccc(Cl)cc23)nc1-c1ccccc1.O. The number of nitrogens with one attached hydrogen (secondary N) is 1. The maximum absolute atomic E-state index is 13.1. The molecule has 2 heterocycles. The molecular formula is C24H19ClN2O3S. The number of anilines is 1. The molecule has 0 bridgehead atoms. The molecular weight excluding hydrogens is 432 g/mol. The number of nitrogens with zero attached hydrogens (tertiary/aromatic N) is 1. The fourth-order valence-electron chi connectivity index (χ4n) is 3.58. The van der Waals surface area contributed by atoms with E-state index < -0.39 is 0 Å². The van der Waals surface area contributed by atoms with Crippen LogP contribution in [-0.2, 0) is 6.42 Å². The van der Waals surface area contributed by atoms with Gasteiger partial charge in [-0.25, -0.2) is 4.98 Å². The Balaban J connectivity index is 0.00000231. The molecule has 0 aliphatic carbocycles. The zero-order chi connectivity index (χ0) is 20.7. The highest BCUT2D eigenvalue weighted by Gasteiger charge is 2.19. The van der Waals surface area contributed by atoms with E-state index in [4.69, 9.17) is 16.0 Å². The van der Waals surface area contributed by atoms with Gasteiger partial charge in [0.1, 0.15) is 11.2 Å². The zero-order valence-corrected chi connectivity index (χ0v) is 18.2. The summed E-state index contributed by atoms with van der Waals surface area (Å²) < 4.78 is 5.98. The van der Waals surface area contributed by atoms with E-state index in [2.05, 4.69) is 17.2 Å². The van der Waals surface area contributed by atoms with Gasteiger partial charge in [0.15, 0.2) is 5.13 Å². The lowest BCUT2D eigenvalue weighted by Gasteiger charge is -2.02. The van der Waals surface area contributed by atoms with Gasteiger partial charge in [0.25, 0.3) is 5.91 Å². The second kappa shape index (κ2) is 8.51. The van der Waals surface area contributed by atoms with Gasteiger partial charge < -0.3 is 9.89 Å². The highest BCUT2D eigenvalue weighted by atomic mass is 35.5. The van der Waals surface area contributed by atoms with Crippen molar-refractivity contribution in [3.63, 3.8) is 0 Å².